The van der Waals surface area contributed by atoms with Gasteiger partial charge in [0.1, 0.15) is 0 Å². The van der Waals surface area contributed by atoms with Crippen LogP contribution in [-0.4, -0.2) is 24.0 Å². The molecule has 1 rings (SSSR count). The minimum atomic E-state index is -1.13. The highest BCUT2D eigenvalue weighted by atomic mass is 32.4. The Bertz CT molecular complexity index is 381. The van der Waals surface area contributed by atoms with Gasteiger partial charge >= 0.3 is 7.07 Å². The van der Waals surface area contributed by atoms with Crippen LogP contribution >= 0.6 is 7.07 Å². The average Bonchev–Trinajstić information content (AvgIpc) is 2.17. The molecule has 0 aromatic carbocycles. The Morgan fingerprint density at radius 3 is 2.94 bits per heavy atom. The lowest BCUT2D eigenvalue weighted by Gasteiger charge is -2.05. The Kier molecular flexibility index (Phi) is 5.15. The number of hydrogen-bond acceptors (Lipinski definition) is 4. The van der Waals surface area contributed by atoms with Crippen LogP contribution in [0.4, 0.5) is 0 Å². The number of hydrogen-bond donors (Lipinski definition) is 1. The van der Waals surface area contributed by atoms with E-state index in [4.69, 9.17) is 16.3 Å². The summed E-state index contributed by atoms with van der Waals surface area (Å²) in [7, 11) is 2.79. The molecule has 0 aliphatic heterocycles. The molecule has 16 heavy (non-hydrogen) atoms. The summed E-state index contributed by atoms with van der Waals surface area (Å²) in [5, 5.41) is 3.11. The van der Waals surface area contributed by atoms with Crippen molar-refractivity contribution in [2.45, 2.75) is 6.92 Å². The number of nitrogens with one attached hydrogen (secondary N) is 1. The number of aromatic nitrogens is 1. The van der Waals surface area contributed by atoms with Crippen LogP contribution in [0.5, 0.6) is 5.75 Å². The third-order valence-corrected chi connectivity index (χ3v) is 2.95. The van der Waals surface area contributed by atoms with Crippen LogP contribution in [0.1, 0.15) is 6.92 Å². The summed E-state index contributed by atoms with van der Waals surface area (Å²) in [6.07, 6.45) is 5.30. The Labute approximate surface area is 102 Å². The molecule has 4 nitrogen and oxygen atoms in total. The van der Waals surface area contributed by atoms with Gasteiger partial charge in [-0.3, -0.25) is 9.51 Å². The second-order valence-corrected chi connectivity index (χ2v) is 5.34. The van der Waals surface area contributed by atoms with Crippen LogP contribution in [0.2, 0.25) is 0 Å². The molecule has 1 aromatic rings. The molecule has 0 fully saturated rings. The predicted molar refractivity (Wildman–Crippen MR) is 69.7 cm³/mol. The van der Waals surface area contributed by atoms with Gasteiger partial charge in [0.2, 0.25) is 17.6 Å². The minimum absolute atomic E-state index is 0.689. The maximum absolute atomic E-state index is 5.51. The van der Waals surface area contributed by atoms with E-state index in [1.54, 1.807) is 12.4 Å². The van der Waals surface area contributed by atoms with Crippen LogP contribution in [-0.2, 0) is 11.8 Å². The van der Waals surface area contributed by atoms with Crippen molar-refractivity contribution in [1.82, 2.24) is 15.0 Å². The van der Waals surface area contributed by atoms with Crippen molar-refractivity contribution in [2.24, 2.45) is 0 Å². The van der Waals surface area contributed by atoms with Crippen molar-refractivity contribution in [3.63, 3.8) is 0 Å². The topological polar surface area (TPSA) is 37.4 Å². The van der Waals surface area contributed by atoms with Crippen molar-refractivity contribution in [3.05, 3.63) is 36.4 Å². The maximum Gasteiger partial charge on any atom is 0.519 e. The van der Waals surface area contributed by atoms with E-state index >= 15 is 0 Å². The molecule has 6 heteroatoms. The molecule has 0 aliphatic rings. The fourth-order valence-electron chi connectivity index (χ4n) is 1.08. The molecule has 1 N–H and O–H groups in total. The molecule has 0 saturated heterocycles. The van der Waals surface area contributed by atoms with Crippen molar-refractivity contribution < 1.29 is 4.52 Å². The van der Waals surface area contributed by atoms with Crippen molar-refractivity contribution in [3.8, 4) is 5.75 Å². The summed E-state index contributed by atoms with van der Waals surface area (Å²) in [4.78, 5) is 5.90. The van der Waals surface area contributed by atoms with Gasteiger partial charge in [-0.05, 0) is 19.1 Å². The number of nitrogens with zero attached hydrogens (tertiary/aromatic N) is 2. The first kappa shape index (κ1) is 12.9. The van der Waals surface area contributed by atoms with E-state index in [0.717, 1.165) is 5.70 Å². The summed E-state index contributed by atoms with van der Waals surface area (Å²) in [6.45, 7) is 1.95. The zero-order valence-corrected chi connectivity index (χ0v) is 11.3. The molecule has 0 saturated carbocycles. The van der Waals surface area contributed by atoms with E-state index in [9.17, 15) is 0 Å². The normalized spacial score (nSPS) is 11.9. The van der Waals surface area contributed by atoms with Crippen molar-refractivity contribution in [2.75, 3.05) is 14.1 Å². The van der Waals surface area contributed by atoms with E-state index in [-0.39, 0.29) is 0 Å². The molecule has 1 heterocycles. The molecule has 0 radical (unpaired) electrons. The third-order valence-electron chi connectivity index (χ3n) is 1.54. The van der Waals surface area contributed by atoms with E-state index in [1.807, 2.05) is 44.3 Å². The molecule has 0 spiro atoms. The second-order valence-electron chi connectivity index (χ2n) is 3.42. The third kappa shape index (κ3) is 5.05. The number of allylic oxidation sites excluding steroid dienone is 1. The Morgan fingerprint density at radius 2 is 2.38 bits per heavy atom. The first-order valence-corrected chi connectivity index (χ1v) is 7.02. The highest BCUT2D eigenvalue weighted by Gasteiger charge is 2.13. The quantitative estimate of drug-likeness (QED) is 0.818. The zero-order valence-electron chi connectivity index (χ0n) is 9.54. The van der Waals surface area contributed by atoms with E-state index in [1.165, 1.54) is 0 Å². The van der Waals surface area contributed by atoms with Gasteiger partial charge in [0.25, 0.3) is 0 Å². The van der Waals surface area contributed by atoms with Crippen molar-refractivity contribution in [1.29, 1.82) is 0 Å². The highest BCUT2D eigenvalue weighted by Crippen LogP contribution is 2.23. The van der Waals surface area contributed by atoms with Gasteiger partial charge in [-0.25, -0.2) is 0 Å². The van der Waals surface area contributed by atoms with Crippen molar-refractivity contribution >= 4 is 18.9 Å². The fourth-order valence-corrected chi connectivity index (χ4v) is 2.46. The van der Waals surface area contributed by atoms with Gasteiger partial charge in [-0.15, -0.1) is 0 Å². The molecule has 1 atom stereocenters. The van der Waals surface area contributed by atoms with Gasteiger partial charge in [0.15, 0.2) is 0 Å². The average molecular weight is 256 g/mol. The van der Waals surface area contributed by atoms with Gasteiger partial charge in [0, 0.05) is 26.5 Å². The molecule has 0 amide bonds. The largest absolute Gasteiger partial charge is 0.519 e. The van der Waals surface area contributed by atoms with Gasteiger partial charge in [0.05, 0.1) is 11.9 Å². The predicted octanol–water partition coefficient (Wildman–Crippen LogP) is 2.25. The van der Waals surface area contributed by atoms with Crippen LogP contribution in [0.3, 0.4) is 0 Å². The minimum Gasteiger partial charge on any atom is -0.382 e. The molecule has 1 aromatic heterocycles. The molecular formula is C10H15N3OPS+. The van der Waals surface area contributed by atoms with Crippen LogP contribution in [0, 0.1) is 0 Å². The lowest BCUT2D eigenvalue weighted by Crippen LogP contribution is -2.09. The molecule has 1 unspecified atom stereocenters. The number of pyridine rings is 1. The maximum atomic E-state index is 5.51. The molecule has 0 aliphatic carbocycles. The smallest absolute Gasteiger partial charge is 0.382 e. The highest BCUT2D eigenvalue weighted by molar-refractivity contribution is 8.02. The Hall–Kier alpha value is -1.19. The van der Waals surface area contributed by atoms with Gasteiger partial charge in [-0.1, -0.05) is 0 Å². The summed E-state index contributed by atoms with van der Waals surface area (Å²) < 4.78 is 5.51. The molecule has 0 bridgehead atoms. The standard InChI is InChI=1S/C10H15N3OPS/c1-9(8-13(2)3)12-15(16)14-10-5-4-6-11-7-10/h4-8H,1-3H3,(H,12,16)/q+1/b9-8+. The second kappa shape index (κ2) is 6.40. The summed E-state index contributed by atoms with van der Waals surface area (Å²) >= 11 is 5.19. The Morgan fingerprint density at radius 1 is 1.62 bits per heavy atom. The number of rotatable bonds is 5. The van der Waals surface area contributed by atoms with E-state index in [2.05, 4.69) is 10.1 Å². The lowest BCUT2D eigenvalue weighted by molar-refractivity contribution is 0.554. The molecule has 86 valence electrons. The monoisotopic (exact) mass is 256 g/mol. The SMILES string of the molecule is C/C(=C\N(C)C)N[P+](=S)Oc1cccnc1. The van der Waals surface area contributed by atoms with E-state index in [0.29, 0.717) is 5.75 Å². The lowest BCUT2D eigenvalue weighted by atomic mass is 10.5. The Balaban J connectivity index is 2.49. The zero-order chi connectivity index (χ0) is 12.0. The van der Waals surface area contributed by atoms with Gasteiger partial charge in [-0.2, -0.15) is 5.09 Å². The molecular weight excluding hydrogens is 241 g/mol. The summed E-state index contributed by atoms with van der Waals surface area (Å²) in [5.74, 6) is 0.689. The first-order chi connectivity index (χ1) is 7.58. The van der Waals surface area contributed by atoms with Crippen LogP contribution in [0.25, 0.3) is 0 Å². The summed E-state index contributed by atoms with van der Waals surface area (Å²) in [5.41, 5.74) is 0.981. The van der Waals surface area contributed by atoms with Gasteiger partial charge < -0.3 is 4.90 Å². The van der Waals surface area contributed by atoms with Crippen LogP contribution < -0.4 is 9.61 Å². The summed E-state index contributed by atoms with van der Waals surface area (Å²) in [6, 6.07) is 3.65. The van der Waals surface area contributed by atoms with Crippen LogP contribution in [0.15, 0.2) is 36.4 Å². The van der Waals surface area contributed by atoms with E-state index < -0.39 is 7.07 Å². The fraction of sp³-hybridized carbons (Fsp3) is 0.300. The first-order valence-electron chi connectivity index (χ1n) is 4.74.